The van der Waals surface area contributed by atoms with E-state index in [1.54, 1.807) is 0 Å². The van der Waals surface area contributed by atoms with Gasteiger partial charge in [-0.1, -0.05) is 23.2 Å². The van der Waals surface area contributed by atoms with Crippen LogP contribution in [0, 0.1) is 0 Å². The number of halogens is 3. The van der Waals surface area contributed by atoms with E-state index in [1.807, 2.05) is 0 Å². The normalized spacial score (nSPS) is 19.1. The van der Waals surface area contributed by atoms with Crippen LogP contribution < -0.4 is 5.32 Å². The number of hydrogen-bond donors (Lipinski definition) is 2. The van der Waals surface area contributed by atoms with Crippen molar-refractivity contribution < 1.29 is 9.50 Å². The molecular weight excluding hydrogens is 266 g/mol. The second kappa shape index (κ2) is 5.06. The first-order valence-corrected chi connectivity index (χ1v) is 6.14. The zero-order chi connectivity index (χ0) is 12.5. The predicted molar refractivity (Wildman–Crippen MR) is 65.2 cm³/mol. The molecule has 1 aromatic rings. The molecule has 1 heterocycles. The lowest BCUT2D eigenvalue weighted by molar-refractivity contribution is 0.168. The monoisotopic (exact) mass is 278 g/mol. The molecule has 1 aromatic heterocycles. The molecule has 2 rings (SSSR count). The highest BCUT2D eigenvalue weighted by molar-refractivity contribution is 6.35. The molecule has 94 valence electrons. The minimum atomic E-state index is -1.08. The number of nitrogens with one attached hydrogen (secondary N) is 1. The van der Waals surface area contributed by atoms with Gasteiger partial charge in [0.15, 0.2) is 0 Å². The molecule has 0 spiro atoms. The fraction of sp³-hybridized carbons (Fsp3) is 0.545. The van der Waals surface area contributed by atoms with E-state index in [1.165, 1.54) is 12.4 Å². The summed E-state index contributed by atoms with van der Waals surface area (Å²) >= 11 is 11.8. The van der Waals surface area contributed by atoms with Crippen molar-refractivity contribution in [3.63, 3.8) is 0 Å². The fourth-order valence-corrected chi connectivity index (χ4v) is 2.20. The quantitative estimate of drug-likeness (QED) is 0.870. The molecule has 1 fully saturated rings. The first-order chi connectivity index (χ1) is 8.02. The Morgan fingerprint density at radius 1 is 1.41 bits per heavy atom. The lowest BCUT2D eigenvalue weighted by Crippen LogP contribution is -2.29. The predicted octanol–water partition coefficient (Wildman–Crippen LogP) is 2.51. The first-order valence-electron chi connectivity index (χ1n) is 5.38. The molecule has 6 heteroatoms. The number of aromatic nitrogens is 1. The summed E-state index contributed by atoms with van der Waals surface area (Å²) in [4.78, 5) is 3.80. The van der Waals surface area contributed by atoms with E-state index >= 15 is 0 Å². The van der Waals surface area contributed by atoms with E-state index in [2.05, 4.69) is 10.3 Å². The van der Waals surface area contributed by atoms with E-state index < -0.39 is 11.8 Å². The van der Waals surface area contributed by atoms with E-state index in [0.29, 0.717) is 28.5 Å². The van der Waals surface area contributed by atoms with Crippen molar-refractivity contribution in [2.24, 2.45) is 0 Å². The van der Waals surface area contributed by atoms with Gasteiger partial charge < -0.3 is 10.4 Å². The van der Waals surface area contributed by atoms with Crippen LogP contribution in [0.3, 0.4) is 0 Å². The number of hydrogen-bond acceptors (Lipinski definition) is 3. The molecular formula is C11H13Cl2FN2O. The van der Waals surface area contributed by atoms with Crippen LogP contribution in [-0.2, 0) is 0 Å². The molecule has 0 amide bonds. The Bertz CT molecular complexity index is 392. The Balaban J connectivity index is 1.92. The third kappa shape index (κ3) is 3.28. The summed E-state index contributed by atoms with van der Waals surface area (Å²) in [5.41, 5.74) is -0.648. The molecule has 1 aliphatic carbocycles. The average Bonchev–Trinajstić information content (AvgIpc) is 2.96. The maximum atomic E-state index is 13.3. The van der Waals surface area contributed by atoms with Crippen molar-refractivity contribution in [2.45, 2.75) is 24.6 Å². The van der Waals surface area contributed by atoms with Crippen molar-refractivity contribution in [1.82, 2.24) is 10.3 Å². The molecule has 0 bridgehead atoms. The third-order valence-corrected chi connectivity index (χ3v) is 3.40. The Morgan fingerprint density at radius 2 is 2.00 bits per heavy atom. The van der Waals surface area contributed by atoms with Crippen LogP contribution in [-0.4, -0.2) is 28.8 Å². The molecule has 1 atom stereocenters. The maximum Gasteiger partial charge on any atom is 0.123 e. The molecule has 1 aliphatic rings. The Morgan fingerprint density at radius 3 is 2.53 bits per heavy atom. The zero-order valence-electron chi connectivity index (χ0n) is 9.09. The lowest BCUT2D eigenvalue weighted by Gasteiger charge is -2.15. The van der Waals surface area contributed by atoms with Crippen LogP contribution in [0.4, 0.5) is 4.39 Å². The lowest BCUT2D eigenvalue weighted by atomic mass is 10.1. The topological polar surface area (TPSA) is 45.1 Å². The molecule has 0 aromatic carbocycles. The second-order valence-corrected chi connectivity index (χ2v) is 5.13. The Kier molecular flexibility index (Phi) is 3.88. The minimum Gasteiger partial charge on any atom is -0.387 e. The molecule has 0 aliphatic heterocycles. The van der Waals surface area contributed by atoms with Crippen LogP contribution in [0.25, 0.3) is 0 Å². The zero-order valence-corrected chi connectivity index (χ0v) is 10.6. The van der Waals surface area contributed by atoms with Gasteiger partial charge in [-0.25, -0.2) is 4.39 Å². The van der Waals surface area contributed by atoms with Crippen molar-refractivity contribution in [3.05, 3.63) is 28.0 Å². The van der Waals surface area contributed by atoms with Crippen molar-refractivity contribution >= 4 is 23.2 Å². The van der Waals surface area contributed by atoms with Gasteiger partial charge >= 0.3 is 0 Å². The van der Waals surface area contributed by atoms with Gasteiger partial charge in [0.25, 0.3) is 0 Å². The summed E-state index contributed by atoms with van der Waals surface area (Å²) < 4.78 is 13.3. The van der Waals surface area contributed by atoms with Gasteiger partial charge in [-0.05, 0) is 12.8 Å². The van der Waals surface area contributed by atoms with Gasteiger partial charge in [-0.2, -0.15) is 0 Å². The number of aliphatic hydroxyl groups excluding tert-OH is 1. The molecule has 0 radical (unpaired) electrons. The number of pyridine rings is 1. The maximum absolute atomic E-state index is 13.3. The van der Waals surface area contributed by atoms with E-state index in [9.17, 15) is 9.50 Å². The summed E-state index contributed by atoms with van der Waals surface area (Å²) in [6.07, 6.45) is 3.16. The summed E-state index contributed by atoms with van der Waals surface area (Å²) in [5.74, 6) is 0. The Hall–Kier alpha value is -0.420. The largest absolute Gasteiger partial charge is 0.387 e. The summed E-state index contributed by atoms with van der Waals surface area (Å²) in [6, 6.07) is 0. The van der Waals surface area contributed by atoms with Crippen LogP contribution in [0.5, 0.6) is 0 Å². The Labute approximate surface area is 109 Å². The SMILES string of the molecule is O[C@@H](CNCC1(F)CC1)c1c(Cl)cncc1Cl. The first kappa shape index (κ1) is 13.0. The molecule has 17 heavy (non-hydrogen) atoms. The van der Waals surface area contributed by atoms with E-state index in [4.69, 9.17) is 23.2 Å². The van der Waals surface area contributed by atoms with E-state index in [0.717, 1.165) is 0 Å². The summed E-state index contributed by atoms with van der Waals surface area (Å²) in [5, 5.41) is 13.4. The number of alkyl halides is 1. The molecule has 0 saturated heterocycles. The number of rotatable bonds is 5. The van der Waals surface area contributed by atoms with Gasteiger partial charge in [0.05, 0.1) is 16.1 Å². The second-order valence-electron chi connectivity index (χ2n) is 4.31. The van der Waals surface area contributed by atoms with Crippen molar-refractivity contribution in [1.29, 1.82) is 0 Å². The molecule has 3 nitrogen and oxygen atoms in total. The third-order valence-electron chi connectivity index (χ3n) is 2.80. The van der Waals surface area contributed by atoms with Gasteiger partial charge in [0.2, 0.25) is 0 Å². The van der Waals surface area contributed by atoms with Crippen LogP contribution in [0.15, 0.2) is 12.4 Å². The molecule has 1 saturated carbocycles. The van der Waals surface area contributed by atoms with Crippen LogP contribution in [0.2, 0.25) is 10.0 Å². The fourth-order valence-electron chi connectivity index (χ4n) is 1.59. The average molecular weight is 279 g/mol. The highest BCUT2D eigenvalue weighted by Crippen LogP contribution is 2.39. The van der Waals surface area contributed by atoms with Gasteiger partial charge in [-0.15, -0.1) is 0 Å². The molecule has 2 N–H and O–H groups in total. The van der Waals surface area contributed by atoms with Gasteiger partial charge in [-0.3, -0.25) is 4.98 Å². The standard InChI is InChI=1S/C11H13Cl2FN2O/c12-7-3-15-4-8(13)10(7)9(17)5-16-6-11(14)1-2-11/h3-4,9,16-17H,1-2,5-6H2/t9-/m0/s1. The van der Waals surface area contributed by atoms with Crippen molar-refractivity contribution in [2.75, 3.05) is 13.1 Å². The molecule has 0 unspecified atom stereocenters. The van der Waals surface area contributed by atoms with Crippen LogP contribution in [0.1, 0.15) is 24.5 Å². The van der Waals surface area contributed by atoms with Gasteiger partial charge in [0.1, 0.15) is 5.67 Å². The highest BCUT2D eigenvalue weighted by Gasteiger charge is 2.42. The van der Waals surface area contributed by atoms with Crippen LogP contribution >= 0.6 is 23.2 Å². The minimum absolute atomic E-state index is 0.217. The smallest absolute Gasteiger partial charge is 0.123 e. The number of nitrogens with zero attached hydrogens (tertiary/aromatic N) is 1. The highest BCUT2D eigenvalue weighted by atomic mass is 35.5. The summed E-state index contributed by atoms with van der Waals surface area (Å²) in [7, 11) is 0. The van der Waals surface area contributed by atoms with Gasteiger partial charge in [0, 0.05) is 31.0 Å². The summed E-state index contributed by atoms with van der Waals surface area (Å²) in [6.45, 7) is 0.472. The van der Waals surface area contributed by atoms with E-state index in [-0.39, 0.29) is 13.1 Å². The van der Waals surface area contributed by atoms with Crippen molar-refractivity contribution in [3.8, 4) is 0 Å². The number of aliphatic hydroxyl groups is 1.